The molecule has 0 radical (unpaired) electrons. The van der Waals surface area contributed by atoms with E-state index in [2.05, 4.69) is 0 Å². The van der Waals surface area contributed by atoms with E-state index in [0.717, 1.165) is 0 Å². The molecule has 0 saturated heterocycles. The van der Waals surface area contributed by atoms with Crippen molar-refractivity contribution < 1.29 is 24.1 Å². The van der Waals surface area contributed by atoms with Gasteiger partial charge < -0.3 is 24.1 Å². The summed E-state index contributed by atoms with van der Waals surface area (Å²) < 4.78 is 20.0. The minimum absolute atomic E-state index is 0.310. The maximum absolute atomic E-state index is 8.99. The standard InChI is InChI=1S/C8H18O5/c1-4-12-8(7-9,11-3)13-6-5-10-2/h9H,4-7H2,1-3H3. The Morgan fingerprint density at radius 1 is 1.15 bits per heavy atom. The van der Waals surface area contributed by atoms with Crippen LogP contribution in [0.3, 0.4) is 0 Å². The molecule has 80 valence electrons. The summed E-state index contributed by atoms with van der Waals surface area (Å²) in [5.41, 5.74) is 0. The molecule has 1 unspecified atom stereocenters. The molecule has 0 amide bonds. The SMILES string of the molecule is CCOC(CO)(OC)OCCOC. The molecule has 1 atom stereocenters. The molecule has 0 rings (SSSR count). The molecule has 0 aromatic rings. The van der Waals surface area contributed by atoms with Crippen LogP contribution in [0.1, 0.15) is 6.92 Å². The highest BCUT2D eigenvalue weighted by atomic mass is 16.9. The summed E-state index contributed by atoms with van der Waals surface area (Å²) in [6.07, 6.45) is 0. The second kappa shape index (κ2) is 7.23. The van der Waals surface area contributed by atoms with Gasteiger partial charge >= 0.3 is 5.97 Å². The van der Waals surface area contributed by atoms with Gasteiger partial charge in [-0.2, -0.15) is 0 Å². The first-order chi connectivity index (χ1) is 6.24. The Hall–Kier alpha value is -0.200. The minimum atomic E-state index is -1.34. The van der Waals surface area contributed by atoms with Crippen LogP contribution in [0.5, 0.6) is 0 Å². The van der Waals surface area contributed by atoms with Gasteiger partial charge in [0.2, 0.25) is 0 Å². The Labute approximate surface area is 78.5 Å². The van der Waals surface area contributed by atoms with Crippen molar-refractivity contribution in [1.29, 1.82) is 0 Å². The Morgan fingerprint density at radius 2 is 1.85 bits per heavy atom. The van der Waals surface area contributed by atoms with Crippen molar-refractivity contribution in [3.05, 3.63) is 0 Å². The molecule has 13 heavy (non-hydrogen) atoms. The van der Waals surface area contributed by atoms with Crippen LogP contribution in [-0.4, -0.2) is 51.7 Å². The third kappa shape index (κ3) is 4.54. The van der Waals surface area contributed by atoms with Crippen molar-refractivity contribution in [2.75, 3.05) is 40.6 Å². The molecule has 1 N–H and O–H groups in total. The maximum atomic E-state index is 8.99. The molecule has 0 spiro atoms. The third-order valence-corrected chi connectivity index (χ3v) is 1.48. The van der Waals surface area contributed by atoms with E-state index >= 15 is 0 Å². The highest BCUT2D eigenvalue weighted by Gasteiger charge is 2.30. The summed E-state index contributed by atoms with van der Waals surface area (Å²) in [6.45, 7) is 2.59. The first kappa shape index (κ1) is 12.8. The first-order valence-corrected chi connectivity index (χ1v) is 4.17. The topological polar surface area (TPSA) is 57.2 Å². The summed E-state index contributed by atoms with van der Waals surface area (Å²) >= 11 is 0. The van der Waals surface area contributed by atoms with E-state index in [1.165, 1.54) is 7.11 Å². The van der Waals surface area contributed by atoms with Gasteiger partial charge in [-0.05, 0) is 6.92 Å². The van der Waals surface area contributed by atoms with E-state index in [-0.39, 0.29) is 6.61 Å². The predicted molar refractivity (Wildman–Crippen MR) is 46.3 cm³/mol. The summed E-state index contributed by atoms with van der Waals surface area (Å²) in [7, 11) is 2.98. The average molecular weight is 194 g/mol. The lowest BCUT2D eigenvalue weighted by Gasteiger charge is -2.29. The molecule has 0 aliphatic rings. The van der Waals surface area contributed by atoms with Crippen molar-refractivity contribution in [2.24, 2.45) is 0 Å². The number of hydrogen-bond donors (Lipinski definition) is 1. The normalized spacial score (nSPS) is 15.7. The number of ether oxygens (including phenoxy) is 4. The van der Waals surface area contributed by atoms with Crippen molar-refractivity contribution in [3.8, 4) is 0 Å². The van der Waals surface area contributed by atoms with E-state index in [0.29, 0.717) is 19.8 Å². The van der Waals surface area contributed by atoms with E-state index in [1.54, 1.807) is 14.0 Å². The number of rotatable bonds is 8. The maximum Gasteiger partial charge on any atom is 0.307 e. The van der Waals surface area contributed by atoms with Gasteiger partial charge in [0.15, 0.2) is 0 Å². The van der Waals surface area contributed by atoms with E-state index in [1.807, 2.05) is 0 Å². The average Bonchev–Trinajstić information content (AvgIpc) is 2.17. The Morgan fingerprint density at radius 3 is 2.23 bits per heavy atom. The lowest BCUT2D eigenvalue weighted by Crippen LogP contribution is -2.42. The van der Waals surface area contributed by atoms with E-state index in [4.69, 9.17) is 24.1 Å². The van der Waals surface area contributed by atoms with Crippen LogP contribution in [0.15, 0.2) is 0 Å². The molecule has 5 nitrogen and oxygen atoms in total. The van der Waals surface area contributed by atoms with Gasteiger partial charge in [0.05, 0.1) is 13.2 Å². The largest absolute Gasteiger partial charge is 0.388 e. The van der Waals surface area contributed by atoms with E-state index < -0.39 is 5.97 Å². The zero-order valence-corrected chi connectivity index (χ0v) is 8.41. The monoisotopic (exact) mass is 194 g/mol. The Balaban J connectivity index is 3.89. The van der Waals surface area contributed by atoms with Crippen molar-refractivity contribution >= 4 is 0 Å². The summed E-state index contributed by atoms with van der Waals surface area (Å²) in [4.78, 5) is 0. The molecular formula is C8H18O5. The highest BCUT2D eigenvalue weighted by molar-refractivity contribution is 4.53. The van der Waals surface area contributed by atoms with E-state index in [9.17, 15) is 0 Å². The van der Waals surface area contributed by atoms with Gasteiger partial charge in [0.1, 0.15) is 6.61 Å². The fourth-order valence-corrected chi connectivity index (χ4v) is 0.816. The minimum Gasteiger partial charge on any atom is -0.388 e. The number of aliphatic hydroxyl groups excluding tert-OH is 1. The Kier molecular flexibility index (Phi) is 7.12. The number of hydrogen-bond acceptors (Lipinski definition) is 5. The van der Waals surface area contributed by atoms with Gasteiger partial charge in [-0.15, -0.1) is 0 Å². The van der Waals surface area contributed by atoms with Crippen molar-refractivity contribution in [3.63, 3.8) is 0 Å². The molecule has 0 heterocycles. The lowest BCUT2D eigenvalue weighted by molar-refractivity contribution is -0.382. The molecule has 0 fully saturated rings. The first-order valence-electron chi connectivity index (χ1n) is 4.17. The molecule has 0 aromatic heterocycles. The number of aliphatic hydroxyl groups is 1. The van der Waals surface area contributed by atoms with Crippen LogP contribution in [-0.2, 0) is 18.9 Å². The zero-order chi connectivity index (χ0) is 10.2. The van der Waals surface area contributed by atoms with Crippen molar-refractivity contribution in [1.82, 2.24) is 0 Å². The van der Waals surface area contributed by atoms with Crippen LogP contribution in [0.4, 0.5) is 0 Å². The summed E-state index contributed by atoms with van der Waals surface area (Å²) in [5.74, 6) is -1.34. The molecule has 0 aliphatic heterocycles. The summed E-state index contributed by atoms with van der Waals surface area (Å²) in [6, 6.07) is 0. The quantitative estimate of drug-likeness (QED) is 0.434. The fourth-order valence-electron chi connectivity index (χ4n) is 0.816. The second-order valence-corrected chi connectivity index (χ2v) is 2.32. The summed E-state index contributed by atoms with van der Waals surface area (Å²) in [5, 5.41) is 8.99. The predicted octanol–water partition coefficient (Wildman–Crippen LogP) is -0.0216. The molecular weight excluding hydrogens is 176 g/mol. The Bertz CT molecular complexity index is 113. The fraction of sp³-hybridized carbons (Fsp3) is 1.00. The lowest BCUT2D eigenvalue weighted by atomic mass is 10.5. The third-order valence-electron chi connectivity index (χ3n) is 1.48. The van der Waals surface area contributed by atoms with Crippen molar-refractivity contribution in [2.45, 2.75) is 12.9 Å². The smallest absolute Gasteiger partial charge is 0.307 e. The van der Waals surface area contributed by atoms with Gasteiger partial charge in [-0.3, -0.25) is 0 Å². The van der Waals surface area contributed by atoms with Crippen LogP contribution < -0.4 is 0 Å². The molecule has 0 saturated carbocycles. The number of methoxy groups -OCH3 is 2. The molecule has 0 bridgehead atoms. The van der Waals surface area contributed by atoms with Crippen LogP contribution in [0.2, 0.25) is 0 Å². The van der Waals surface area contributed by atoms with Gasteiger partial charge in [-0.1, -0.05) is 0 Å². The zero-order valence-electron chi connectivity index (χ0n) is 8.41. The molecule has 5 heteroatoms. The van der Waals surface area contributed by atoms with Crippen LogP contribution in [0, 0.1) is 0 Å². The van der Waals surface area contributed by atoms with Gasteiger partial charge in [0.25, 0.3) is 0 Å². The van der Waals surface area contributed by atoms with Crippen LogP contribution >= 0.6 is 0 Å². The van der Waals surface area contributed by atoms with Gasteiger partial charge in [0, 0.05) is 20.8 Å². The highest BCUT2D eigenvalue weighted by Crippen LogP contribution is 2.12. The van der Waals surface area contributed by atoms with Crippen LogP contribution in [0.25, 0.3) is 0 Å². The van der Waals surface area contributed by atoms with Gasteiger partial charge in [-0.25, -0.2) is 0 Å². The molecule has 0 aromatic carbocycles. The molecule has 0 aliphatic carbocycles. The second-order valence-electron chi connectivity index (χ2n) is 2.32.